The molecule has 7 heteroatoms. The quantitative estimate of drug-likeness (QED) is 0.321. The molecule has 0 aliphatic carbocycles. The SMILES string of the molecule is CO.[C-]#N.[C-]#N.[Ru+2].c1cc2nc(c1)Cc1cccc(n1)Cc1cccc(n1)C2. The Morgan fingerprint density at radius 2 is 0.750 bits per heavy atom. The van der Waals surface area contributed by atoms with E-state index in [9.17, 15) is 0 Å². The van der Waals surface area contributed by atoms with Gasteiger partial charge in [0.1, 0.15) is 0 Å². The van der Waals surface area contributed by atoms with E-state index >= 15 is 0 Å². The minimum atomic E-state index is 0. The van der Waals surface area contributed by atoms with Crippen LogP contribution in [0.25, 0.3) is 0 Å². The fraction of sp³-hybridized carbons (Fsp3) is 0.190. The van der Waals surface area contributed by atoms with E-state index in [0.717, 1.165) is 60.5 Å². The molecule has 6 bridgehead atoms. The molecule has 4 heterocycles. The molecule has 28 heavy (non-hydrogen) atoms. The van der Waals surface area contributed by atoms with Crippen LogP contribution >= 0.6 is 0 Å². The zero-order valence-corrected chi connectivity index (χ0v) is 17.1. The first-order valence-electron chi connectivity index (χ1n) is 8.09. The van der Waals surface area contributed by atoms with E-state index in [1.54, 1.807) is 0 Å². The van der Waals surface area contributed by atoms with Gasteiger partial charge in [0.15, 0.2) is 0 Å². The van der Waals surface area contributed by atoms with Crippen LogP contribution in [0.5, 0.6) is 0 Å². The molecule has 0 amide bonds. The van der Waals surface area contributed by atoms with E-state index in [4.69, 9.17) is 43.7 Å². The van der Waals surface area contributed by atoms with Gasteiger partial charge in [-0.2, -0.15) is 0 Å². The van der Waals surface area contributed by atoms with Crippen molar-refractivity contribution in [3.8, 4) is 0 Å². The van der Waals surface area contributed by atoms with Crippen LogP contribution in [0.2, 0.25) is 0 Å². The molecule has 0 aromatic carbocycles. The number of pyridine rings is 3. The van der Waals surface area contributed by atoms with Gasteiger partial charge in [0.2, 0.25) is 0 Å². The Hall–Kier alpha value is -2.99. The van der Waals surface area contributed by atoms with Gasteiger partial charge in [0, 0.05) is 60.5 Å². The van der Waals surface area contributed by atoms with E-state index in [2.05, 4.69) is 54.6 Å². The van der Waals surface area contributed by atoms with E-state index in [1.807, 2.05) is 0 Å². The maximum Gasteiger partial charge on any atom is 2.00 e. The van der Waals surface area contributed by atoms with Crippen LogP contribution < -0.4 is 0 Å². The molecule has 0 spiro atoms. The molecule has 0 unspecified atom stereocenters. The third-order valence-corrected chi connectivity index (χ3v) is 3.68. The molecule has 6 nitrogen and oxygen atoms in total. The standard InChI is InChI=1S/C18H15N3.2CN.CH4O.Ru/c1-4-13-10-15-6-2-8-17(20-15)12-18-9-3-7-16(21-18)11-14(5-1)19-13;3*1-2;/h1-9H,10-12H2;;;2H,1H3;/q;2*-1;;+2. The summed E-state index contributed by atoms with van der Waals surface area (Å²) in [7, 11) is 1.00. The predicted octanol–water partition coefficient (Wildman–Crippen LogP) is 2.76. The molecule has 0 atom stereocenters. The normalized spacial score (nSPS) is 10.2. The van der Waals surface area contributed by atoms with Crippen LogP contribution in [-0.2, 0) is 38.7 Å². The van der Waals surface area contributed by atoms with Gasteiger partial charge in [-0.05, 0) is 36.4 Å². The van der Waals surface area contributed by atoms with Crippen molar-refractivity contribution in [2.75, 3.05) is 7.11 Å². The number of hydrogen-bond acceptors (Lipinski definition) is 6. The van der Waals surface area contributed by atoms with Gasteiger partial charge in [-0.1, -0.05) is 18.2 Å². The second-order valence-corrected chi connectivity index (χ2v) is 5.39. The average molecular weight is 458 g/mol. The van der Waals surface area contributed by atoms with Crippen LogP contribution in [0.15, 0.2) is 54.6 Å². The maximum atomic E-state index is 7.00. The first-order chi connectivity index (χ1) is 13.3. The Balaban J connectivity index is 0.000000957. The van der Waals surface area contributed by atoms with Crippen molar-refractivity contribution >= 4 is 0 Å². The summed E-state index contributed by atoms with van der Waals surface area (Å²) in [5.74, 6) is 0. The Labute approximate surface area is 178 Å². The van der Waals surface area contributed by atoms with E-state index in [1.165, 1.54) is 0 Å². The Morgan fingerprint density at radius 1 is 0.571 bits per heavy atom. The predicted molar refractivity (Wildman–Crippen MR) is 99.2 cm³/mol. The number of rotatable bonds is 0. The van der Waals surface area contributed by atoms with E-state index in [0.29, 0.717) is 0 Å². The molecule has 0 saturated heterocycles. The Kier molecular flexibility index (Phi) is 12.6. The van der Waals surface area contributed by atoms with Gasteiger partial charge >= 0.3 is 19.5 Å². The Morgan fingerprint density at radius 3 is 0.929 bits per heavy atom. The van der Waals surface area contributed by atoms with Crippen molar-refractivity contribution in [3.63, 3.8) is 0 Å². The fourth-order valence-electron chi connectivity index (χ4n) is 2.74. The number of nitrogens with zero attached hydrogens (tertiary/aromatic N) is 5. The molecule has 0 radical (unpaired) electrons. The summed E-state index contributed by atoms with van der Waals surface area (Å²) in [6.07, 6.45) is 2.34. The largest absolute Gasteiger partial charge is 2.00 e. The number of aliphatic hydroxyl groups is 1. The topological polar surface area (TPSA) is 106 Å². The molecule has 0 saturated carbocycles. The van der Waals surface area contributed by atoms with E-state index in [-0.39, 0.29) is 19.5 Å². The van der Waals surface area contributed by atoms with Crippen LogP contribution in [0.3, 0.4) is 0 Å². The molecule has 3 aromatic heterocycles. The first kappa shape index (κ1) is 25.0. The molecular weight excluding hydrogens is 439 g/mol. The molecular formula is C21H19N5ORu. The molecule has 142 valence electrons. The zero-order valence-electron chi connectivity index (χ0n) is 15.4. The van der Waals surface area contributed by atoms with Crippen molar-refractivity contribution < 1.29 is 24.6 Å². The van der Waals surface area contributed by atoms with Crippen molar-refractivity contribution in [2.45, 2.75) is 19.3 Å². The monoisotopic (exact) mass is 459 g/mol. The van der Waals surface area contributed by atoms with Crippen molar-refractivity contribution in [1.82, 2.24) is 15.0 Å². The minimum absolute atomic E-state index is 0. The summed E-state index contributed by atoms with van der Waals surface area (Å²) in [5, 5.41) is 19.5. The molecule has 4 rings (SSSR count). The number of aromatic nitrogens is 3. The summed E-state index contributed by atoms with van der Waals surface area (Å²) < 4.78 is 0. The molecule has 1 aliphatic heterocycles. The Bertz CT molecular complexity index is 730. The third kappa shape index (κ3) is 7.33. The van der Waals surface area contributed by atoms with Crippen LogP contribution in [-0.4, -0.2) is 27.2 Å². The molecule has 3 aromatic rings. The first-order valence-corrected chi connectivity index (χ1v) is 8.09. The van der Waals surface area contributed by atoms with Crippen LogP contribution in [0.4, 0.5) is 0 Å². The molecule has 1 N–H and O–H groups in total. The zero-order chi connectivity index (χ0) is 20.1. The number of hydrogen-bond donors (Lipinski definition) is 1. The second-order valence-electron chi connectivity index (χ2n) is 5.39. The smallest absolute Gasteiger partial charge is 0.512 e. The van der Waals surface area contributed by atoms with Crippen molar-refractivity contribution in [2.24, 2.45) is 0 Å². The summed E-state index contributed by atoms with van der Waals surface area (Å²) in [6.45, 7) is 9.50. The van der Waals surface area contributed by atoms with Crippen molar-refractivity contribution in [1.29, 1.82) is 10.5 Å². The minimum Gasteiger partial charge on any atom is -0.512 e. The summed E-state index contributed by atoms with van der Waals surface area (Å²) in [4.78, 5) is 14.2. The third-order valence-electron chi connectivity index (χ3n) is 3.68. The van der Waals surface area contributed by atoms with Gasteiger partial charge in [0.05, 0.1) is 0 Å². The van der Waals surface area contributed by atoms with Crippen LogP contribution in [0, 0.1) is 23.7 Å². The maximum absolute atomic E-state index is 7.00. The summed E-state index contributed by atoms with van der Waals surface area (Å²) >= 11 is 0. The van der Waals surface area contributed by atoms with Gasteiger partial charge < -0.3 is 28.8 Å². The van der Waals surface area contributed by atoms with Gasteiger partial charge in [-0.15, -0.1) is 0 Å². The second kappa shape index (κ2) is 14.1. The van der Waals surface area contributed by atoms with Gasteiger partial charge in [0.25, 0.3) is 0 Å². The van der Waals surface area contributed by atoms with Crippen molar-refractivity contribution in [3.05, 3.63) is 102 Å². The van der Waals surface area contributed by atoms with Crippen LogP contribution in [0.1, 0.15) is 34.2 Å². The summed E-state index contributed by atoms with van der Waals surface area (Å²) in [6, 6.07) is 18.6. The van der Waals surface area contributed by atoms with E-state index < -0.39 is 0 Å². The fourth-order valence-corrected chi connectivity index (χ4v) is 2.74. The number of fused-ring (bicyclic) bond motifs is 6. The van der Waals surface area contributed by atoms with Gasteiger partial charge in [-0.25, -0.2) is 0 Å². The molecule has 0 fully saturated rings. The average Bonchev–Trinajstić information content (AvgIpc) is 2.73. The number of aliphatic hydroxyl groups excluding tert-OH is 1. The molecule has 1 aliphatic rings. The van der Waals surface area contributed by atoms with Gasteiger partial charge in [-0.3, -0.25) is 15.0 Å². The summed E-state index contributed by atoms with van der Waals surface area (Å²) in [5.41, 5.74) is 6.38.